The van der Waals surface area contributed by atoms with Gasteiger partial charge in [-0.3, -0.25) is 9.69 Å². The monoisotopic (exact) mass is 297 g/mol. The number of urea groups is 1. The number of nitrogens with zero attached hydrogens (tertiary/aromatic N) is 1. The first kappa shape index (κ1) is 17.5. The van der Waals surface area contributed by atoms with Gasteiger partial charge in [-0.05, 0) is 34.1 Å². The molecule has 0 radical (unpaired) electrons. The molecule has 1 aliphatic rings. The molecule has 6 nitrogen and oxygen atoms in total. The first-order valence-electron chi connectivity index (χ1n) is 7.52. The van der Waals surface area contributed by atoms with E-state index in [1.807, 2.05) is 0 Å². The van der Waals surface area contributed by atoms with E-state index in [9.17, 15) is 9.59 Å². The molecular weight excluding hydrogens is 270 g/mol. The van der Waals surface area contributed by atoms with E-state index in [-0.39, 0.29) is 12.1 Å². The van der Waals surface area contributed by atoms with Crippen molar-refractivity contribution in [3.05, 3.63) is 12.2 Å². The summed E-state index contributed by atoms with van der Waals surface area (Å²) in [7, 11) is 0. The minimum atomic E-state index is -0.847. The van der Waals surface area contributed by atoms with Crippen LogP contribution in [0, 0.1) is 5.92 Å². The highest BCUT2D eigenvalue weighted by molar-refractivity contribution is 5.76. The fourth-order valence-corrected chi connectivity index (χ4v) is 2.62. The van der Waals surface area contributed by atoms with Gasteiger partial charge in [0.2, 0.25) is 0 Å². The highest BCUT2D eigenvalue weighted by Gasteiger charge is 2.25. The smallest absolute Gasteiger partial charge is 0.315 e. The van der Waals surface area contributed by atoms with E-state index in [2.05, 4.69) is 43.2 Å². The fraction of sp³-hybridized carbons (Fsp3) is 0.733. The van der Waals surface area contributed by atoms with Crippen LogP contribution in [0.4, 0.5) is 4.79 Å². The average Bonchev–Trinajstić information content (AvgIpc) is 2.82. The van der Waals surface area contributed by atoms with Gasteiger partial charge in [0.05, 0.1) is 12.0 Å². The van der Waals surface area contributed by atoms with Crippen molar-refractivity contribution < 1.29 is 14.7 Å². The molecule has 0 fully saturated rings. The Bertz CT molecular complexity index is 386. The van der Waals surface area contributed by atoms with Gasteiger partial charge in [-0.25, -0.2) is 4.79 Å². The Morgan fingerprint density at radius 1 is 1.24 bits per heavy atom. The zero-order valence-corrected chi connectivity index (χ0v) is 13.3. The molecule has 6 heteroatoms. The minimum absolute atomic E-state index is 0.197. The first-order valence-corrected chi connectivity index (χ1v) is 7.52. The summed E-state index contributed by atoms with van der Waals surface area (Å²) < 4.78 is 0. The average molecular weight is 297 g/mol. The molecule has 2 unspecified atom stereocenters. The Balaban J connectivity index is 2.26. The van der Waals surface area contributed by atoms with E-state index >= 15 is 0 Å². The second-order valence-electron chi connectivity index (χ2n) is 6.00. The maximum Gasteiger partial charge on any atom is 0.315 e. The number of carboxylic acid groups (broad SMARTS) is 1. The minimum Gasteiger partial charge on any atom is -0.481 e. The van der Waals surface area contributed by atoms with Crippen molar-refractivity contribution in [3.8, 4) is 0 Å². The zero-order chi connectivity index (χ0) is 16.0. The predicted molar refractivity (Wildman–Crippen MR) is 82.2 cm³/mol. The molecule has 3 N–H and O–H groups in total. The topological polar surface area (TPSA) is 81.7 Å². The molecule has 0 aromatic carbocycles. The van der Waals surface area contributed by atoms with Gasteiger partial charge in [-0.2, -0.15) is 0 Å². The molecular formula is C15H27N3O3. The van der Waals surface area contributed by atoms with Gasteiger partial charge >= 0.3 is 12.0 Å². The van der Waals surface area contributed by atoms with Crippen molar-refractivity contribution in [2.45, 2.75) is 52.2 Å². The molecule has 1 rings (SSSR count). The lowest BCUT2D eigenvalue weighted by molar-refractivity contribution is -0.140. The molecule has 0 heterocycles. The molecule has 0 aromatic rings. The van der Waals surface area contributed by atoms with Crippen LogP contribution >= 0.6 is 0 Å². The van der Waals surface area contributed by atoms with E-state index < -0.39 is 11.9 Å². The number of hydrogen-bond donors (Lipinski definition) is 3. The molecule has 2 amide bonds. The summed E-state index contributed by atoms with van der Waals surface area (Å²) in [6.07, 6.45) is 3.80. The number of aliphatic carboxylic acids is 1. The van der Waals surface area contributed by atoms with Crippen LogP contribution in [0.25, 0.3) is 0 Å². The van der Waals surface area contributed by atoms with Crippen LogP contribution in [0.1, 0.15) is 34.1 Å². The summed E-state index contributed by atoms with van der Waals surface area (Å²) in [6, 6.07) is 0.424. The Hall–Kier alpha value is -1.56. The van der Waals surface area contributed by atoms with Crippen molar-refractivity contribution in [1.29, 1.82) is 0 Å². The number of hydrogen-bond acceptors (Lipinski definition) is 3. The van der Waals surface area contributed by atoms with Gasteiger partial charge in [0.15, 0.2) is 0 Å². The Morgan fingerprint density at radius 2 is 1.86 bits per heavy atom. The maximum absolute atomic E-state index is 11.8. The third-order valence-electron chi connectivity index (χ3n) is 3.70. The first-order chi connectivity index (χ1) is 9.81. The quantitative estimate of drug-likeness (QED) is 0.621. The lowest BCUT2D eigenvalue weighted by Crippen LogP contribution is -2.46. The van der Waals surface area contributed by atoms with Gasteiger partial charge in [0, 0.05) is 25.2 Å². The van der Waals surface area contributed by atoms with Crippen LogP contribution in [-0.2, 0) is 4.79 Å². The maximum atomic E-state index is 11.8. The van der Waals surface area contributed by atoms with Crippen LogP contribution in [0.5, 0.6) is 0 Å². The second-order valence-corrected chi connectivity index (χ2v) is 6.00. The molecule has 0 aliphatic heterocycles. The van der Waals surface area contributed by atoms with Crippen LogP contribution in [0.3, 0.4) is 0 Å². The summed E-state index contributed by atoms with van der Waals surface area (Å²) in [5.41, 5.74) is 0. The van der Waals surface area contributed by atoms with Crippen molar-refractivity contribution >= 4 is 12.0 Å². The van der Waals surface area contributed by atoms with Gasteiger partial charge in [0.1, 0.15) is 0 Å². The summed E-state index contributed by atoms with van der Waals surface area (Å²) >= 11 is 0. The van der Waals surface area contributed by atoms with Crippen molar-refractivity contribution in [2.75, 3.05) is 13.1 Å². The number of carboxylic acids is 1. The van der Waals surface area contributed by atoms with E-state index in [0.717, 1.165) is 6.54 Å². The lowest BCUT2D eigenvalue weighted by Gasteiger charge is -2.30. The molecule has 21 heavy (non-hydrogen) atoms. The van der Waals surface area contributed by atoms with Gasteiger partial charge in [-0.1, -0.05) is 12.2 Å². The van der Waals surface area contributed by atoms with Crippen LogP contribution in [-0.4, -0.2) is 53.2 Å². The molecule has 2 atom stereocenters. The Kier molecular flexibility index (Phi) is 6.68. The van der Waals surface area contributed by atoms with Crippen molar-refractivity contribution in [3.63, 3.8) is 0 Å². The van der Waals surface area contributed by atoms with Crippen LogP contribution in [0.15, 0.2) is 12.2 Å². The van der Waals surface area contributed by atoms with E-state index in [1.54, 1.807) is 12.2 Å². The predicted octanol–water partition coefficient (Wildman–Crippen LogP) is 1.43. The summed E-state index contributed by atoms with van der Waals surface area (Å²) in [5.74, 6) is -1.34. The molecule has 0 bridgehead atoms. The number of nitrogens with one attached hydrogen (secondary N) is 2. The highest BCUT2D eigenvalue weighted by atomic mass is 16.4. The van der Waals surface area contributed by atoms with Crippen molar-refractivity contribution in [1.82, 2.24) is 15.5 Å². The second kappa shape index (κ2) is 8.02. The summed E-state index contributed by atoms with van der Waals surface area (Å²) in [5, 5.41) is 14.5. The zero-order valence-electron chi connectivity index (χ0n) is 13.3. The van der Waals surface area contributed by atoms with Crippen LogP contribution in [0.2, 0.25) is 0 Å². The van der Waals surface area contributed by atoms with E-state index in [4.69, 9.17) is 5.11 Å². The molecule has 0 aromatic heterocycles. The van der Waals surface area contributed by atoms with E-state index in [0.29, 0.717) is 25.0 Å². The van der Waals surface area contributed by atoms with Gasteiger partial charge < -0.3 is 15.7 Å². The fourth-order valence-electron chi connectivity index (χ4n) is 2.62. The molecule has 0 saturated heterocycles. The number of amides is 2. The van der Waals surface area contributed by atoms with Crippen molar-refractivity contribution in [2.24, 2.45) is 5.92 Å². The van der Waals surface area contributed by atoms with E-state index in [1.165, 1.54) is 0 Å². The highest BCUT2D eigenvalue weighted by Crippen LogP contribution is 2.17. The SMILES string of the molecule is CC(C)N(CCNC(=O)NC1C=CC(C(=O)O)C1)C(C)C. The number of carbonyl (C=O) groups excluding carboxylic acids is 1. The van der Waals surface area contributed by atoms with Crippen LogP contribution < -0.4 is 10.6 Å². The normalized spacial score (nSPS) is 21.3. The Morgan fingerprint density at radius 3 is 2.33 bits per heavy atom. The van der Waals surface area contributed by atoms with Gasteiger partial charge in [0.25, 0.3) is 0 Å². The molecule has 0 saturated carbocycles. The summed E-state index contributed by atoms with van der Waals surface area (Å²) in [4.78, 5) is 24.9. The largest absolute Gasteiger partial charge is 0.481 e. The molecule has 0 spiro atoms. The number of rotatable bonds is 7. The lowest BCUT2D eigenvalue weighted by atomic mass is 10.1. The third kappa shape index (κ3) is 5.75. The summed E-state index contributed by atoms with van der Waals surface area (Å²) in [6.45, 7) is 9.90. The van der Waals surface area contributed by atoms with Gasteiger partial charge in [-0.15, -0.1) is 0 Å². The third-order valence-corrected chi connectivity index (χ3v) is 3.70. The Labute approximate surface area is 126 Å². The molecule has 1 aliphatic carbocycles. The molecule has 120 valence electrons. The standard InChI is InChI=1S/C15H27N3O3/c1-10(2)18(11(3)4)8-7-16-15(21)17-13-6-5-12(9-13)14(19)20/h5-6,10-13H,7-9H2,1-4H3,(H,19,20)(H2,16,17,21). The number of carbonyl (C=O) groups is 2.